The molecule has 3 nitrogen and oxygen atoms in total. The number of rotatable bonds is 7. The summed E-state index contributed by atoms with van der Waals surface area (Å²) in [5, 5.41) is 12.5. The molecule has 0 aromatic heterocycles. The van der Waals surface area contributed by atoms with Crippen LogP contribution in [-0.2, 0) is 6.54 Å². The number of aliphatic hydroxyl groups excluding tert-OH is 1. The summed E-state index contributed by atoms with van der Waals surface area (Å²) in [7, 11) is 1.69. The predicted octanol–water partition coefficient (Wildman–Crippen LogP) is 3.47. The minimum atomic E-state index is 0.285. The number of ether oxygens (including phenoxy) is 1. The zero-order chi connectivity index (χ0) is 13.9. The van der Waals surface area contributed by atoms with Crippen LogP contribution in [0.2, 0.25) is 0 Å². The molecule has 106 valence electrons. The van der Waals surface area contributed by atoms with Crippen molar-refractivity contribution in [3.05, 3.63) is 26.6 Å². The van der Waals surface area contributed by atoms with Gasteiger partial charge in [0.1, 0.15) is 5.75 Å². The van der Waals surface area contributed by atoms with Crippen LogP contribution in [0.3, 0.4) is 0 Å². The van der Waals surface area contributed by atoms with E-state index < -0.39 is 0 Å². The summed E-state index contributed by atoms with van der Waals surface area (Å²) in [5.41, 5.74) is 1.47. The van der Waals surface area contributed by atoms with Gasteiger partial charge in [-0.25, -0.2) is 0 Å². The van der Waals surface area contributed by atoms with Gasteiger partial charge in [-0.2, -0.15) is 0 Å². The van der Waals surface area contributed by atoms with Crippen molar-refractivity contribution in [2.45, 2.75) is 25.8 Å². The van der Waals surface area contributed by atoms with E-state index in [1.807, 2.05) is 6.07 Å². The van der Waals surface area contributed by atoms with Gasteiger partial charge in [0.25, 0.3) is 0 Å². The molecule has 0 atom stereocenters. The van der Waals surface area contributed by atoms with Crippen LogP contribution in [0.1, 0.15) is 24.8 Å². The summed E-state index contributed by atoms with van der Waals surface area (Å²) in [5.74, 6) is 0.878. The van der Waals surface area contributed by atoms with Gasteiger partial charge in [-0.3, -0.25) is 0 Å². The van der Waals surface area contributed by atoms with E-state index in [4.69, 9.17) is 9.84 Å². The molecule has 2 N–H and O–H groups in total. The lowest BCUT2D eigenvalue weighted by molar-refractivity contribution is 0.245. The van der Waals surface area contributed by atoms with Crippen molar-refractivity contribution >= 4 is 31.9 Å². The number of methoxy groups -OCH3 is 1. The van der Waals surface area contributed by atoms with E-state index in [0.717, 1.165) is 39.8 Å². The first kappa shape index (κ1) is 15.3. The number of aliphatic hydroxyl groups is 1. The average Bonchev–Trinajstić information content (AvgIpc) is 3.09. The minimum Gasteiger partial charge on any atom is -0.495 e. The normalized spacial score (nSPS) is 16.4. The van der Waals surface area contributed by atoms with E-state index in [0.29, 0.717) is 5.41 Å². The Bertz CT molecular complexity index is 447. The molecule has 5 heteroatoms. The second-order valence-electron chi connectivity index (χ2n) is 5.16. The van der Waals surface area contributed by atoms with Crippen LogP contribution in [0, 0.1) is 5.41 Å². The van der Waals surface area contributed by atoms with E-state index in [1.165, 1.54) is 12.8 Å². The van der Waals surface area contributed by atoms with Crippen LogP contribution >= 0.6 is 31.9 Å². The van der Waals surface area contributed by atoms with Gasteiger partial charge in [-0.15, -0.1) is 0 Å². The zero-order valence-corrected chi connectivity index (χ0v) is 14.2. The minimum absolute atomic E-state index is 0.285. The molecule has 0 amide bonds. The van der Waals surface area contributed by atoms with Crippen LogP contribution in [-0.4, -0.2) is 25.4 Å². The fraction of sp³-hybridized carbons (Fsp3) is 0.571. The van der Waals surface area contributed by atoms with E-state index in [9.17, 15) is 0 Å². The van der Waals surface area contributed by atoms with Gasteiger partial charge >= 0.3 is 0 Å². The molecular formula is C14H19Br2NO2. The standard InChI is InChI=1S/C14H19Br2NO2/c1-19-13-10(6-11(15)7-12(13)16)8-17-9-14(2-3-14)4-5-18/h6-7,17-18H,2-5,8-9H2,1H3. The highest BCUT2D eigenvalue weighted by Crippen LogP contribution is 2.48. The van der Waals surface area contributed by atoms with Crippen molar-refractivity contribution in [2.75, 3.05) is 20.3 Å². The SMILES string of the molecule is COc1c(Br)cc(Br)cc1CNCC1(CCO)CC1. The Labute approximate surface area is 131 Å². The first-order valence-corrected chi connectivity index (χ1v) is 8.02. The molecular weight excluding hydrogens is 374 g/mol. The Morgan fingerprint density at radius 3 is 2.68 bits per heavy atom. The predicted molar refractivity (Wildman–Crippen MR) is 83.5 cm³/mol. The summed E-state index contributed by atoms with van der Waals surface area (Å²) in [6, 6.07) is 4.05. The molecule has 0 heterocycles. The molecule has 2 rings (SSSR count). The Hall–Kier alpha value is -0.100. The quantitative estimate of drug-likeness (QED) is 0.746. The lowest BCUT2D eigenvalue weighted by atomic mass is 10.0. The molecule has 1 aromatic carbocycles. The van der Waals surface area contributed by atoms with Crippen molar-refractivity contribution in [3.63, 3.8) is 0 Å². The molecule has 1 aliphatic rings. The number of hydrogen-bond acceptors (Lipinski definition) is 3. The van der Waals surface area contributed by atoms with Crippen molar-refractivity contribution < 1.29 is 9.84 Å². The maximum absolute atomic E-state index is 9.05. The highest BCUT2D eigenvalue weighted by molar-refractivity contribution is 9.11. The third-order valence-electron chi connectivity index (χ3n) is 3.70. The molecule has 0 aliphatic heterocycles. The highest BCUT2D eigenvalue weighted by atomic mass is 79.9. The van der Waals surface area contributed by atoms with Gasteiger partial charge in [0.15, 0.2) is 0 Å². The second-order valence-corrected chi connectivity index (χ2v) is 6.93. The Kier molecular flexibility index (Phi) is 5.29. The summed E-state index contributed by atoms with van der Waals surface area (Å²) in [6.45, 7) is 2.02. The fourth-order valence-corrected chi connectivity index (χ4v) is 3.84. The Morgan fingerprint density at radius 1 is 1.37 bits per heavy atom. The topological polar surface area (TPSA) is 41.5 Å². The number of benzene rings is 1. The van der Waals surface area contributed by atoms with Crippen LogP contribution < -0.4 is 10.1 Å². The van der Waals surface area contributed by atoms with Gasteiger partial charge < -0.3 is 15.2 Å². The maximum Gasteiger partial charge on any atom is 0.137 e. The first-order chi connectivity index (χ1) is 9.10. The molecule has 1 fully saturated rings. The third kappa shape index (κ3) is 3.94. The van der Waals surface area contributed by atoms with Crippen molar-refractivity contribution in [1.29, 1.82) is 0 Å². The maximum atomic E-state index is 9.05. The Balaban J connectivity index is 1.96. The molecule has 0 spiro atoms. The number of halogens is 2. The van der Waals surface area contributed by atoms with Crippen molar-refractivity contribution in [3.8, 4) is 5.75 Å². The first-order valence-electron chi connectivity index (χ1n) is 6.44. The molecule has 19 heavy (non-hydrogen) atoms. The number of nitrogens with one attached hydrogen (secondary N) is 1. The summed E-state index contributed by atoms with van der Waals surface area (Å²) >= 11 is 7.01. The van der Waals surface area contributed by atoms with Gasteiger partial charge in [-0.05, 0) is 52.7 Å². The van der Waals surface area contributed by atoms with Crippen LogP contribution in [0.5, 0.6) is 5.75 Å². The molecule has 1 aliphatic carbocycles. The van der Waals surface area contributed by atoms with Crippen molar-refractivity contribution in [2.24, 2.45) is 5.41 Å². The summed E-state index contributed by atoms with van der Waals surface area (Å²) in [6.07, 6.45) is 3.35. The summed E-state index contributed by atoms with van der Waals surface area (Å²) in [4.78, 5) is 0. The van der Waals surface area contributed by atoms with E-state index in [2.05, 4.69) is 43.2 Å². The lowest BCUT2D eigenvalue weighted by Gasteiger charge is -2.16. The third-order valence-corrected chi connectivity index (χ3v) is 4.75. The van der Waals surface area contributed by atoms with Gasteiger partial charge in [0.05, 0.1) is 11.6 Å². The lowest BCUT2D eigenvalue weighted by Crippen LogP contribution is -2.24. The molecule has 0 radical (unpaired) electrons. The van der Waals surface area contributed by atoms with Crippen LogP contribution in [0.4, 0.5) is 0 Å². The second kappa shape index (κ2) is 6.57. The van der Waals surface area contributed by atoms with Crippen molar-refractivity contribution in [1.82, 2.24) is 5.32 Å². The van der Waals surface area contributed by atoms with Crippen LogP contribution in [0.25, 0.3) is 0 Å². The molecule has 1 aromatic rings. The van der Waals surface area contributed by atoms with E-state index in [-0.39, 0.29) is 6.61 Å². The van der Waals surface area contributed by atoms with Gasteiger partial charge in [0.2, 0.25) is 0 Å². The fourth-order valence-electron chi connectivity index (χ4n) is 2.37. The monoisotopic (exact) mass is 391 g/mol. The number of hydrogen-bond donors (Lipinski definition) is 2. The molecule has 0 saturated heterocycles. The highest BCUT2D eigenvalue weighted by Gasteiger charge is 2.41. The zero-order valence-electron chi connectivity index (χ0n) is 11.0. The Morgan fingerprint density at radius 2 is 2.11 bits per heavy atom. The molecule has 1 saturated carbocycles. The van der Waals surface area contributed by atoms with Gasteiger partial charge in [-0.1, -0.05) is 15.9 Å². The molecule has 0 unspecified atom stereocenters. The summed E-state index contributed by atoms with van der Waals surface area (Å²) < 4.78 is 7.42. The molecule has 0 bridgehead atoms. The largest absolute Gasteiger partial charge is 0.495 e. The van der Waals surface area contributed by atoms with E-state index in [1.54, 1.807) is 7.11 Å². The van der Waals surface area contributed by atoms with Gasteiger partial charge in [0, 0.05) is 29.7 Å². The van der Waals surface area contributed by atoms with E-state index >= 15 is 0 Å². The smallest absolute Gasteiger partial charge is 0.137 e. The average molecular weight is 393 g/mol. The van der Waals surface area contributed by atoms with Crippen LogP contribution in [0.15, 0.2) is 21.1 Å².